The van der Waals surface area contributed by atoms with Crippen molar-refractivity contribution in [3.8, 4) is 0 Å². The topological polar surface area (TPSA) is 43.9 Å². The molecular weight excluding hydrogens is 466 g/mol. The average Bonchev–Trinajstić information content (AvgIpc) is 3.14. The van der Waals surface area contributed by atoms with Crippen LogP contribution in [0.15, 0.2) is 100 Å². The van der Waals surface area contributed by atoms with Crippen molar-refractivity contribution in [2.45, 2.75) is 24.8 Å². The van der Waals surface area contributed by atoms with Crippen LogP contribution in [0.2, 0.25) is 0 Å². The Balaban J connectivity index is 1.34. The summed E-state index contributed by atoms with van der Waals surface area (Å²) in [5, 5.41) is 0. The minimum absolute atomic E-state index is 0.165. The molecule has 6 heteroatoms. The molecule has 3 aromatic carbocycles. The molecule has 36 heavy (non-hydrogen) atoms. The van der Waals surface area contributed by atoms with Gasteiger partial charge in [0, 0.05) is 44.2 Å². The highest BCUT2D eigenvalue weighted by Gasteiger charge is 2.41. The van der Waals surface area contributed by atoms with Gasteiger partial charge in [-0.1, -0.05) is 90.1 Å². The van der Waals surface area contributed by atoms with Crippen LogP contribution in [0.25, 0.3) is 0 Å². The van der Waals surface area contributed by atoms with Crippen molar-refractivity contribution in [1.29, 1.82) is 0 Å². The van der Waals surface area contributed by atoms with E-state index in [4.69, 9.17) is 0 Å². The Morgan fingerprint density at radius 1 is 0.722 bits per heavy atom. The molecule has 0 bridgehead atoms. The molecular formula is C30H31N3O2S. The zero-order valence-corrected chi connectivity index (χ0v) is 21.4. The summed E-state index contributed by atoms with van der Waals surface area (Å²) in [6.45, 7) is 6.49. The third-order valence-electron chi connectivity index (χ3n) is 6.75. The van der Waals surface area contributed by atoms with E-state index in [1.807, 2.05) is 67.6 Å². The Morgan fingerprint density at radius 2 is 1.33 bits per heavy atom. The first-order chi connectivity index (χ1) is 17.6. The summed E-state index contributed by atoms with van der Waals surface area (Å²) in [4.78, 5) is 34.7. The van der Waals surface area contributed by atoms with Crippen LogP contribution < -0.4 is 0 Å². The number of hydrogen-bond donors (Lipinski definition) is 0. The molecule has 184 valence electrons. The van der Waals surface area contributed by atoms with Gasteiger partial charge in [0.1, 0.15) is 10.6 Å². The maximum atomic E-state index is 13.6. The molecule has 2 heterocycles. The van der Waals surface area contributed by atoms with Crippen molar-refractivity contribution >= 4 is 23.6 Å². The van der Waals surface area contributed by atoms with Crippen LogP contribution in [0.4, 0.5) is 0 Å². The van der Waals surface area contributed by atoms with Gasteiger partial charge < -0.3 is 4.90 Å². The van der Waals surface area contributed by atoms with Crippen LogP contribution in [0.3, 0.4) is 0 Å². The van der Waals surface area contributed by atoms with Crippen LogP contribution in [0.5, 0.6) is 0 Å². The minimum Gasteiger partial charge on any atom is -0.363 e. The lowest BCUT2D eigenvalue weighted by atomic mass is 10.1. The number of aryl methyl sites for hydroxylation is 1. The molecule has 2 aliphatic heterocycles. The maximum absolute atomic E-state index is 13.6. The number of thioether (sulfide) groups is 1. The lowest BCUT2D eigenvalue weighted by molar-refractivity contribution is -0.138. The van der Waals surface area contributed by atoms with Gasteiger partial charge in [0.2, 0.25) is 0 Å². The third-order valence-corrected chi connectivity index (χ3v) is 7.83. The lowest BCUT2D eigenvalue weighted by Crippen LogP contribution is -2.47. The molecule has 5 rings (SSSR count). The van der Waals surface area contributed by atoms with Crippen molar-refractivity contribution in [3.63, 3.8) is 0 Å². The summed E-state index contributed by atoms with van der Waals surface area (Å²) in [5.74, 6) is -0.342. The van der Waals surface area contributed by atoms with E-state index in [0.717, 1.165) is 43.2 Å². The molecule has 1 fully saturated rings. The Bertz CT molecular complexity index is 1230. The zero-order valence-electron chi connectivity index (χ0n) is 20.6. The van der Waals surface area contributed by atoms with E-state index in [9.17, 15) is 9.59 Å². The van der Waals surface area contributed by atoms with Crippen LogP contribution in [-0.2, 0) is 22.6 Å². The average molecular weight is 498 g/mol. The molecule has 2 aliphatic rings. The van der Waals surface area contributed by atoms with E-state index < -0.39 is 0 Å². The van der Waals surface area contributed by atoms with Crippen LogP contribution in [0, 0.1) is 6.92 Å². The molecule has 0 aromatic heterocycles. The van der Waals surface area contributed by atoms with Gasteiger partial charge in [0.05, 0.1) is 0 Å². The number of rotatable bonds is 8. The number of carbonyl (C=O) groups excluding carboxylic acids is 2. The predicted octanol–water partition coefficient (Wildman–Crippen LogP) is 4.73. The van der Waals surface area contributed by atoms with E-state index >= 15 is 0 Å². The molecule has 0 unspecified atom stereocenters. The highest BCUT2D eigenvalue weighted by molar-refractivity contribution is 8.04. The smallest absolute Gasteiger partial charge is 0.278 e. The second kappa shape index (κ2) is 11.1. The van der Waals surface area contributed by atoms with Gasteiger partial charge in [-0.05, 0) is 36.6 Å². The third kappa shape index (κ3) is 5.55. The zero-order chi connectivity index (χ0) is 24.9. The molecule has 0 aliphatic carbocycles. The second-order valence-electron chi connectivity index (χ2n) is 9.34. The molecule has 1 saturated heterocycles. The van der Waals surface area contributed by atoms with Gasteiger partial charge in [-0.2, -0.15) is 0 Å². The van der Waals surface area contributed by atoms with Crippen LogP contribution >= 0.6 is 11.8 Å². The molecule has 2 amide bonds. The van der Waals surface area contributed by atoms with Gasteiger partial charge in [0.15, 0.2) is 0 Å². The van der Waals surface area contributed by atoms with Crippen LogP contribution in [-0.4, -0.2) is 59.2 Å². The fourth-order valence-electron chi connectivity index (χ4n) is 4.70. The SMILES string of the molecule is Cc1ccc(SC2=C(N3CCN(Cc4ccccc4)CC3)C(=O)N(CCc3ccccc3)C2=O)cc1. The molecule has 0 radical (unpaired) electrons. The van der Waals surface area contributed by atoms with E-state index in [0.29, 0.717) is 23.6 Å². The van der Waals surface area contributed by atoms with E-state index in [1.165, 1.54) is 27.8 Å². The highest BCUT2D eigenvalue weighted by atomic mass is 32.2. The molecule has 0 spiro atoms. The van der Waals surface area contributed by atoms with Crippen molar-refractivity contribution in [1.82, 2.24) is 14.7 Å². The Morgan fingerprint density at radius 3 is 1.97 bits per heavy atom. The molecule has 0 saturated carbocycles. The van der Waals surface area contributed by atoms with Gasteiger partial charge in [-0.3, -0.25) is 19.4 Å². The first kappa shape index (κ1) is 24.3. The summed E-state index contributed by atoms with van der Waals surface area (Å²) in [5.41, 5.74) is 4.15. The first-order valence-electron chi connectivity index (χ1n) is 12.5. The van der Waals surface area contributed by atoms with Crippen molar-refractivity contribution in [2.75, 3.05) is 32.7 Å². The van der Waals surface area contributed by atoms with E-state index in [1.54, 1.807) is 0 Å². The largest absolute Gasteiger partial charge is 0.363 e. The number of amides is 2. The minimum atomic E-state index is -0.178. The monoisotopic (exact) mass is 497 g/mol. The van der Waals surface area contributed by atoms with Gasteiger partial charge in [-0.25, -0.2) is 0 Å². The summed E-state index contributed by atoms with van der Waals surface area (Å²) >= 11 is 1.41. The summed E-state index contributed by atoms with van der Waals surface area (Å²) < 4.78 is 0. The summed E-state index contributed by atoms with van der Waals surface area (Å²) in [7, 11) is 0. The first-order valence-corrected chi connectivity index (χ1v) is 13.3. The number of carbonyl (C=O) groups is 2. The number of benzene rings is 3. The Hall–Kier alpha value is -3.35. The molecule has 0 N–H and O–H groups in total. The normalized spacial score (nSPS) is 16.8. The van der Waals surface area contributed by atoms with Crippen LogP contribution in [0.1, 0.15) is 16.7 Å². The Kier molecular flexibility index (Phi) is 7.54. The highest BCUT2D eigenvalue weighted by Crippen LogP contribution is 2.37. The number of piperazine rings is 1. The standard InChI is InChI=1S/C30H31N3O2S/c1-23-12-14-26(15-13-23)36-28-27(29(34)33(30(28)35)17-16-24-8-4-2-5-9-24)32-20-18-31(19-21-32)22-25-10-6-3-7-11-25/h2-15H,16-22H2,1H3. The summed E-state index contributed by atoms with van der Waals surface area (Å²) in [6, 6.07) is 28.6. The molecule has 0 atom stereocenters. The number of hydrogen-bond acceptors (Lipinski definition) is 5. The van der Waals surface area contributed by atoms with Crippen molar-refractivity contribution in [2.24, 2.45) is 0 Å². The van der Waals surface area contributed by atoms with Gasteiger partial charge in [-0.15, -0.1) is 0 Å². The lowest BCUT2D eigenvalue weighted by Gasteiger charge is -2.36. The fraction of sp³-hybridized carbons (Fsp3) is 0.267. The van der Waals surface area contributed by atoms with Crippen molar-refractivity contribution in [3.05, 3.63) is 112 Å². The molecule has 5 nitrogen and oxygen atoms in total. The Labute approximate surface area is 217 Å². The maximum Gasteiger partial charge on any atom is 0.278 e. The van der Waals surface area contributed by atoms with Crippen molar-refractivity contribution < 1.29 is 9.59 Å². The molecule has 3 aromatic rings. The van der Waals surface area contributed by atoms with Gasteiger partial charge >= 0.3 is 0 Å². The summed E-state index contributed by atoms with van der Waals surface area (Å²) in [6.07, 6.45) is 0.652. The fourth-order valence-corrected chi connectivity index (χ4v) is 5.71. The predicted molar refractivity (Wildman–Crippen MR) is 144 cm³/mol. The second-order valence-corrected chi connectivity index (χ2v) is 10.4. The number of nitrogens with zero attached hydrogens (tertiary/aromatic N) is 3. The quantitative estimate of drug-likeness (QED) is 0.421. The number of imide groups is 1. The van der Waals surface area contributed by atoms with E-state index in [-0.39, 0.29) is 11.8 Å². The van der Waals surface area contributed by atoms with Gasteiger partial charge in [0.25, 0.3) is 11.8 Å². The van der Waals surface area contributed by atoms with E-state index in [2.05, 4.69) is 34.1 Å².